The van der Waals surface area contributed by atoms with Gasteiger partial charge in [0.15, 0.2) is 0 Å². The summed E-state index contributed by atoms with van der Waals surface area (Å²) in [6.45, 7) is 0.896. The number of hydrogen-bond donors (Lipinski definition) is 1. The zero-order chi connectivity index (χ0) is 11.5. The van der Waals surface area contributed by atoms with E-state index in [0.29, 0.717) is 0 Å². The normalized spacial score (nSPS) is 18.6. The Morgan fingerprint density at radius 2 is 2.06 bits per heavy atom. The highest BCUT2D eigenvalue weighted by molar-refractivity contribution is 5.96. The molecule has 1 aromatic carbocycles. The molecule has 17 heavy (non-hydrogen) atoms. The summed E-state index contributed by atoms with van der Waals surface area (Å²) in [5.74, 6) is -0.243. The lowest BCUT2D eigenvalue weighted by Crippen LogP contribution is -2.41. The standard InChI is InChI=1S/C12H15FN2O.ClH/c1-15(10-6-4-9(13)5-7-10)12(16)11-3-2-8-14-11;/h4-7,11,14H,2-3,8H2,1H3;1H/t11-;/m0./s1. The molecule has 3 nitrogen and oxygen atoms in total. The number of hydrogen-bond acceptors (Lipinski definition) is 2. The van der Waals surface area contributed by atoms with Crippen molar-refractivity contribution in [3.05, 3.63) is 30.1 Å². The molecule has 5 heteroatoms. The van der Waals surface area contributed by atoms with Gasteiger partial charge in [0.25, 0.3) is 0 Å². The van der Waals surface area contributed by atoms with Crippen molar-refractivity contribution in [2.45, 2.75) is 18.9 Å². The summed E-state index contributed by atoms with van der Waals surface area (Å²) in [7, 11) is 1.72. The maximum absolute atomic E-state index is 12.7. The predicted octanol–water partition coefficient (Wildman–Crippen LogP) is 1.96. The molecule has 0 aliphatic carbocycles. The molecular formula is C12H16ClFN2O. The maximum atomic E-state index is 12.7. The van der Waals surface area contributed by atoms with Crippen LogP contribution >= 0.6 is 12.4 Å². The van der Waals surface area contributed by atoms with Gasteiger partial charge < -0.3 is 10.2 Å². The SMILES string of the molecule is CN(C(=O)[C@@H]1CCCN1)c1ccc(F)cc1.Cl. The van der Waals surface area contributed by atoms with E-state index in [9.17, 15) is 9.18 Å². The summed E-state index contributed by atoms with van der Waals surface area (Å²) in [6.07, 6.45) is 1.91. The summed E-state index contributed by atoms with van der Waals surface area (Å²) in [4.78, 5) is 13.6. The molecule has 1 amide bonds. The third kappa shape index (κ3) is 3.17. The van der Waals surface area contributed by atoms with E-state index < -0.39 is 0 Å². The van der Waals surface area contributed by atoms with Crippen LogP contribution in [0, 0.1) is 5.82 Å². The van der Waals surface area contributed by atoms with Crippen molar-refractivity contribution in [2.24, 2.45) is 0 Å². The van der Waals surface area contributed by atoms with Crippen LogP contribution in [0.3, 0.4) is 0 Å². The van der Waals surface area contributed by atoms with Crippen molar-refractivity contribution in [1.82, 2.24) is 5.32 Å². The topological polar surface area (TPSA) is 32.3 Å². The molecule has 1 aromatic rings. The van der Waals surface area contributed by atoms with Gasteiger partial charge in [0, 0.05) is 12.7 Å². The van der Waals surface area contributed by atoms with Gasteiger partial charge in [-0.25, -0.2) is 4.39 Å². The first-order chi connectivity index (χ1) is 7.68. The highest BCUT2D eigenvalue weighted by Crippen LogP contribution is 2.16. The Balaban J connectivity index is 0.00000144. The Hall–Kier alpha value is -1.13. The molecule has 1 aliphatic heterocycles. The van der Waals surface area contributed by atoms with E-state index in [0.717, 1.165) is 25.1 Å². The van der Waals surface area contributed by atoms with E-state index in [4.69, 9.17) is 0 Å². The largest absolute Gasteiger partial charge is 0.314 e. The minimum absolute atomic E-state index is 0. The van der Waals surface area contributed by atoms with Gasteiger partial charge in [0.2, 0.25) is 5.91 Å². The lowest BCUT2D eigenvalue weighted by atomic mass is 10.2. The number of carbonyl (C=O) groups is 1. The summed E-state index contributed by atoms with van der Waals surface area (Å²) in [5, 5.41) is 3.15. The first-order valence-electron chi connectivity index (χ1n) is 5.45. The minimum atomic E-state index is -0.288. The fourth-order valence-corrected chi connectivity index (χ4v) is 1.92. The number of anilines is 1. The molecule has 0 aromatic heterocycles. The second-order valence-electron chi connectivity index (χ2n) is 4.02. The fraction of sp³-hybridized carbons (Fsp3) is 0.417. The van der Waals surface area contributed by atoms with Crippen molar-refractivity contribution >= 4 is 24.0 Å². The van der Waals surface area contributed by atoms with Gasteiger partial charge in [-0.05, 0) is 43.7 Å². The minimum Gasteiger partial charge on any atom is -0.314 e. The predicted molar refractivity (Wildman–Crippen MR) is 68.1 cm³/mol. The van der Waals surface area contributed by atoms with Gasteiger partial charge in [0.1, 0.15) is 5.82 Å². The molecule has 1 fully saturated rings. The molecule has 1 atom stereocenters. The first-order valence-corrected chi connectivity index (χ1v) is 5.45. The summed E-state index contributed by atoms with van der Waals surface area (Å²) in [5.41, 5.74) is 0.722. The summed E-state index contributed by atoms with van der Waals surface area (Å²) < 4.78 is 12.7. The van der Waals surface area contributed by atoms with Crippen molar-refractivity contribution in [3.63, 3.8) is 0 Å². The molecular weight excluding hydrogens is 243 g/mol. The maximum Gasteiger partial charge on any atom is 0.243 e. The van der Waals surface area contributed by atoms with Crippen molar-refractivity contribution in [2.75, 3.05) is 18.5 Å². The number of carbonyl (C=O) groups excluding carboxylic acids is 1. The van der Waals surface area contributed by atoms with E-state index in [1.165, 1.54) is 12.1 Å². The van der Waals surface area contributed by atoms with Gasteiger partial charge in [-0.15, -0.1) is 12.4 Å². The van der Waals surface area contributed by atoms with Crippen LogP contribution in [0.1, 0.15) is 12.8 Å². The Morgan fingerprint density at radius 1 is 1.41 bits per heavy atom. The first kappa shape index (κ1) is 13.9. The quantitative estimate of drug-likeness (QED) is 0.880. The Bertz CT molecular complexity index is 377. The van der Waals surface area contributed by atoms with Crippen molar-refractivity contribution < 1.29 is 9.18 Å². The third-order valence-electron chi connectivity index (χ3n) is 2.90. The Labute approximate surface area is 106 Å². The number of halogens is 2. The fourth-order valence-electron chi connectivity index (χ4n) is 1.92. The third-order valence-corrected chi connectivity index (χ3v) is 2.90. The molecule has 1 N–H and O–H groups in total. The molecule has 2 rings (SSSR count). The molecule has 0 saturated carbocycles. The monoisotopic (exact) mass is 258 g/mol. The number of nitrogens with zero attached hydrogens (tertiary/aromatic N) is 1. The number of amides is 1. The zero-order valence-electron chi connectivity index (χ0n) is 9.65. The average Bonchev–Trinajstić information content (AvgIpc) is 2.81. The molecule has 1 aliphatic rings. The smallest absolute Gasteiger partial charge is 0.243 e. The van der Waals surface area contributed by atoms with Crippen LogP contribution in [-0.4, -0.2) is 25.5 Å². The van der Waals surface area contributed by atoms with Crippen LogP contribution in [0.2, 0.25) is 0 Å². The van der Waals surface area contributed by atoms with Gasteiger partial charge in [-0.1, -0.05) is 0 Å². The lowest BCUT2D eigenvalue weighted by molar-refractivity contribution is -0.119. The number of benzene rings is 1. The van der Waals surface area contributed by atoms with Gasteiger partial charge >= 0.3 is 0 Å². The Morgan fingerprint density at radius 3 is 2.59 bits per heavy atom. The number of nitrogens with one attached hydrogen (secondary N) is 1. The van der Waals surface area contributed by atoms with Crippen molar-refractivity contribution in [3.8, 4) is 0 Å². The number of rotatable bonds is 2. The molecule has 94 valence electrons. The van der Waals surface area contributed by atoms with E-state index in [1.807, 2.05) is 0 Å². The molecule has 1 saturated heterocycles. The zero-order valence-corrected chi connectivity index (χ0v) is 10.5. The van der Waals surface area contributed by atoms with Crippen LogP contribution in [0.4, 0.5) is 10.1 Å². The molecule has 0 spiro atoms. The highest BCUT2D eigenvalue weighted by atomic mass is 35.5. The van der Waals surface area contributed by atoms with Crippen molar-refractivity contribution in [1.29, 1.82) is 0 Å². The Kier molecular flexibility index (Phi) is 4.90. The van der Waals surface area contributed by atoms with Gasteiger partial charge in [-0.3, -0.25) is 4.79 Å². The molecule has 0 bridgehead atoms. The molecule has 0 radical (unpaired) electrons. The van der Waals surface area contributed by atoms with Crippen LogP contribution in [-0.2, 0) is 4.79 Å². The number of likely N-dealkylation sites (N-methyl/N-ethyl adjacent to an activating group) is 1. The summed E-state index contributed by atoms with van der Waals surface area (Å²) >= 11 is 0. The van der Waals surface area contributed by atoms with Gasteiger partial charge in [0.05, 0.1) is 6.04 Å². The molecule has 1 heterocycles. The van der Waals surface area contributed by atoms with E-state index in [2.05, 4.69) is 5.32 Å². The highest BCUT2D eigenvalue weighted by Gasteiger charge is 2.25. The van der Waals surface area contributed by atoms with Gasteiger partial charge in [-0.2, -0.15) is 0 Å². The van der Waals surface area contributed by atoms with Crippen LogP contribution in [0.5, 0.6) is 0 Å². The second-order valence-corrected chi connectivity index (χ2v) is 4.02. The van der Waals surface area contributed by atoms with E-state index >= 15 is 0 Å². The van der Waals surface area contributed by atoms with E-state index in [1.54, 1.807) is 24.1 Å². The van der Waals surface area contributed by atoms with Crippen LogP contribution < -0.4 is 10.2 Å². The lowest BCUT2D eigenvalue weighted by Gasteiger charge is -2.21. The average molecular weight is 259 g/mol. The summed E-state index contributed by atoms with van der Waals surface area (Å²) in [6, 6.07) is 5.86. The molecule has 0 unspecified atom stereocenters. The second kappa shape index (κ2) is 5.98. The van der Waals surface area contributed by atoms with E-state index in [-0.39, 0.29) is 30.2 Å². The van der Waals surface area contributed by atoms with Crippen LogP contribution in [0.15, 0.2) is 24.3 Å². The van der Waals surface area contributed by atoms with Crippen LogP contribution in [0.25, 0.3) is 0 Å².